The quantitative estimate of drug-likeness (QED) is 0.841. The van der Waals surface area contributed by atoms with Crippen LogP contribution in [0.25, 0.3) is 0 Å². The average molecular weight is 376 g/mol. The third kappa shape index (κ3) is 4.59. The number of phenolic OH excluding ortho intramolecular Hbond substituents is 1. The third-order valence-corrected chi connectivity index (χ3v) is 4.54. The summed E-state index contributed by atoms with van der Waals surface area (Å²) in [6.45, 7) is 3.50. The number of hydrogen-bond donors (Lipinski definition) is 2. The zero-order valence-electron chi connectivity index (χ0n) is 14.6. The number of halogens is 1. The molecule has 0 spiro atoms. The van der Waals surface area contributed by atoms with Crippen molar-refractivity contribution in [3.63, 3.8) is 0 Å². The van der Waals surface area contributed by atoms with Crippen LogP contribution in [0, 0.1) is 0 Å². The molecule has 2 aromatic carbocycles. The molecule has 1 aliphatic heterocycles. The van der Waals surface area contributed by atoms with Crippen LogP contribution in [0.15, 0.2) is 42.5 Å². The molecule has 1 fully saturated rings. The fourth-order valence-electron chi connectivity index (χ4n) is 2.84. The van der Waals surface area contributed by atoms with Gasteiger partial charge in [0.2, 0.25) is 0 Å². The lowest BCUT2D eigenvalue weighted by Crippen LogP contribution is -2.44. The Labute approximate surface area is 157 Å². The molecule has 3 rings (SSSR count). The Morgan fingerprint density at radius 3 is 2.65 bits per heavy atom. The van der Waals surface area contributed by atoms with Crippen LogP contribution in [0.1, 0.15) is 0 Å². The van der Waals surface area contributed by atoms with Crippen molar-refractivity contribution >= 4 is 28.9 Å². The minimum Gasteiger partial charge on any atom is -0.504 e. The van der Waals surface area contributed by atoms with Gasteiger partial charge in [-0.3, -0.25) is 4.79 Å². The monoisotopic (exact) mass is 375 g/mol. The number of carbonyl (C=O) groups is 1. The zero-order valence-corrected chi connectivity index (χ0v) is 15.4. The molecule has 0 aromatic heterocycles. The number of phenols is 1. The average Bonchev–Trinajstić information content (AvgIpc) is 2.62. The smallest absolute Gasteiger partial charge is 0.262 e. The molecule has 1 heterocycles. The second kappa shape index (κ2) is 8.29. The number of nitrogens with zero attached hydrogens (tertiary/aromatic N) is 2. The molecule has 1 saturated heterocycles. The van der Waals surface area contributed by atoms with Crippen LogP contribution in [0.5, 0.6) is 11.5 Å². The van der Waals surface area contributed by atoms with E-state index in [4.69, 9.17) is 16.3 Å². The Bertz CT molecular complexity index is 776. The van der Waals surface area contributed by atoms with E-state index in [1.807, 2.05) is 12.1 Å². The van der Waals surface area contributed by atoms with Crippen LogP contribution in [-0.2, 0) is 4.79 Å². The molecule has 0 atom stereocenters. The highest BCUT2D eigenvalue weighted by atomic mass is 35.5. The molecule has 7 heteroatoms. The van der Waals surface area contributed by atoms with Gasteiger partial charge in [0.15, 0.2) is 18.1 Å². The summed E-state index contributed by atoms with van der Waals surface area (Å²) < 4.78 is 5.39. The molecule has 1 aliphatic rings. The first-order valence-corrected chi connectivity index (χ1v) is 8.84. The molecule has 2 N–H and O–H groups in total. The first kappa shape index (κ1) is 18.4. The third-order valence-electron chi connectivity index (χ3n) is 4.30. The van der Waals surface area contributed by atoms with Crippen molar-refractivity contribution in [2.24, 2.45) is 0 Å². The minimum absolute atomic E-state index is 0.00109. The van der Waals surface area contributed by atoms with Crippen LogP contribution < -0.4 is 15.0 Å². The number of benzene rings is 2. The van der Waals surface area contributed by atoms with Gasteiger partial charge in [0.25, 0.3) is 5.91 Å². The fraction of sp³-hybridized carbons (Fsp3) is 0.316. The summed E-state index contributed by atoms with van der Waals surface area (Å²) in [5, 5.41) is 13.1. The Morgan fingerprint density at radius 1 is 1.19 bits per heavy atom. The minimum atomic E-state index is -0.314. The highest BCUT2D eigenvalue weighted by Gasteiger charge is 2.18. The highest BCUT2D eigenvalue weighted by Crippen LogP contribution is 2.30. The topological polar surface area (TPSA) is 65.0 Å². The van der Waals surface area contributed by atoms with Gasteiger partial charge >= 0.3 is 0 Å². The molecular weight excluding hydrogens is 354 g/mol. The van der Waals surface area contributed by atoms with Gasteiger partial charge in [-0.05, 0) is 37.4 Å². The van der Waals surface area contributed by atoms with Gasteiger partial charge in [-0.15, -0.1) is 0 Å². The standard InChI is InChI=1S/C19H22ClN3O3/c1-22-8-10-23(11-9-22)16-7-6-14(20)12-15(16)21-19(25)13-26-18-5-3-2-4-17(18)24/h2-7,12,24H,8-11,13H2,1H3,(H,21,25). The Hall–Kier alpha value is -2.44. The number of anilines is 2. The number of likely N-dealkylation sites (N-methyl/N-ethyl adjacent to an activating group) is 1. The second-order valence-corrected chi connectivity index (χ2v) is 6.69. The van der Waals surface area contributed by atoms with E-state index >= 15 is 0 Å². The Kier molecular flexibility index (Phi) is 5.85. The van der Waals surface area contributed by atoms with E-state index in [1.165, 1.54) is 6.07 Å². The van der Waals surface area contributed by atoms with Gasteiger partial charge in [0, 0.05) is 31.2 Å². The number of para-hydroxylation sites is 2. The lowest BCUT2D eigenvalue weighted by Gasteiger charge is -2.35. The number of rotatable bonds is 5. The molecule has 1 amide bonds. The Balaban J connectivity index is 1.67. The van der Waals surface area contributed by atoms with E-state index in [-0.39, 0.29) is 24.0 Å². The SMILES string of the molecule is CN1CCN(c2ccc(Cl)cc2NC(=O)COc2ccccc2O)CC1. The molecule has 0 unspecified atom stereocenters. The van der Waals surface area contributed by atoms with Crippen LogP contribution in [0.4, 0.5) is 11.4 Å². The first-order chi connectivity index (χ1) is 12.5. The summed E-state index contributed by atoms with van der Waals surface area (Å²) in [5.41, 5.74) is 1.60. The van der Waals surface area contributed by atoms with Gasteiger partial charge in [-0.25, -0.2) is 0 Å². The van der Waals surface area contributed by atoms with E-state index in [1.54, 1.807) is 24.3 Å². The van der Waals surface area contributed by atoms with E-state index in [9.17, 15) is 9.90 Å². The molecule has 0 saturated carbocycles. The normalized spacial score (nSPS) is 14.9. The number of aromatic hydroxyl groups is 1. The maximum Gasteiger partial charge on any atom is 0.262 e. The zero-order chi connectivity index (χ0) is 18.5. The molecule has 138 valence electrons. The summed E-state index contributed by atoms with van der Waals surface area (Å²) in [4.78, 5) is 16.8. The van der Waals surface area contributed by atoms with Crippen molar-refractivity contribution in [3.8, 4) is 11.5 Å². The number of piperazine rings is 1. The van der Waals surface area contributed by atoms with Crippen LogP contribution in [-0.4, -0.2) is 55.7 Å². The van der Waals surface area contributed by atoms with Gasteiger partial charge in [-0.2, -0.15) is 0 Å². The van der Waals surface area contributed by atoms with Gasteiger partial charge in [-0.1, -0.05) is 23.7 Å². The van der Waals surface area contributed by atoms with E-state index in [0.717, 1.165) is 31.9 Å². The van der Waals surface area contributed by atoms with Gasteiger partial charge in [0.1, 0.15) is 0 Å². The predicted octanol–water partition coefficient (Wildman–Crippen LogP) is 2.81. The maximum atomic E-state index is 12.3. The molecule has 6 nitrogen and oxygen atoms in total. The number of ether oxygens (including phenoxy) is 1. The number of hydrogen-bond acceptors (Lipinski definition) is 5. The fourth-order valence-corrected chi connectivity index (χ4v) is 3.01. The molecule has 0 aliphatic carbocycles. The number of carbonyl (C=O) groups excluding carboxylic acids is 1. The lowest BCUT2D eigenvalue weighted by molar-refractivity contribution is -0.118. The molecule has 0 bridgehead atoms. The summed E-state index contributed by atoms with van der Waals surface area (Å²) >= 11 is 6.11. The van der Waals surface area contributed by atoms with Crippen molar-refractivity contribution in [1.29, 1.82) is 0 Å². The van der Waals surface area contributed by atoms with Crippen molar-refractivity contribution in [2.45, 2.75) is 0 Å². The second-order valence-electron chi connectivity index (χ2n) is 6.26. The first-order valence-electron chi connectivity index (χ1n) is 8.46. The van der Waals surface area contributed by atoms with E-state index < -0.39 is 0 Å². The predicted molar refractivity (Wildman–Crippen MR) is 103 cm³/mol. The summed E-state index contributed by atoms with van der Waals surface area (Å²) in [7, 11) is 2.10. The molecular formula is C19H22ClN3O3. The highest BCUT2D eigenvalue weighted by molar-refractivity contribution is 6.31. The van der Waals surface area contributed by atoms with E-state index in [0.29, 0.717) is 10.7 Å². The van der Waals surface area contributed by atoms with Crippen LogP contribution in [0.2, 0.25) is 5.02 Å². The van der Waals surface area contributed by atoms with Crippen molar-refractivity contribution in [3.05, 3.63) is 47.5 Å². The molecule has 0 radical (unpaired) electrons. The molecule has 26 heavy (non-hydrogen) atoms. The summed E-state index contributed by atoms with van der Waals surface area (Å²) in [6, 6.07) is 12.0. The molecule has 2 aromatic rings. The largest absolute Gasteiger partial charge is 0.504 e. The van der Waals surface area contributed by atoms with Crippen molar-refractivity contribution in [1.82, 2.24) is 4.90 Å². The van der Waals surface area contributed by atoms with Crippen LogP contribution in [0.3, 0.4) is 0 Å². The van der Waals surface area contributed by atoms with Crippen molar-refractivity contribution in [2.75, 3.05) is 50.1 Å². The van der Waals surface area contributed by atoms with Gasteiger partial charge in [0.05, 0.1) is 11.4 Å². The number of amides is 1. The van der Waals surface area contributed by atoms with Crippen LogP contribution >= 0.6 is 11.6 Å². The maximum absolute atomic E-state index is 12.3. The summed E-state index contributed by atoms with van der Waals surface area (Å²) in [6.07, 6.45) is 0. The van der Waals surface area contributed by atoms with Crippen molar-refractivity contribution < 1.29 is 14.6 Å². The van der Waals surface area contributed by atoms with Gasteiger partial charge < -0.3 is 25.0 Å². The lowest BCUT2D eigenvalue weighted by atomic mass is 10.2. The van der Waals surface area contributed by atoms with E-state index in [2.05, 4.69) is 22.2 Å². The Morgan fingerprint density at radius 2 is 1.92 bits per heavy atom. The number of nitrogens with one attached hydrogen (secondary N) is 1. The summed E-state index contributed by atoms with van der Waals surface area (Å²) in [5.74, 6) is -0.0416.